The van der Waals surface area contributed by atoms with E-state index >= 15 is 0 Å². The van der Waals surface area contributed by atoms with Gasteiger partial charge in [0.1, 0.15) is 5.82 Å². The lowest BCUT2D eigenvalue weighted by Gasteiger charge is -2.36. The number of benzene rings is 1. The van der Waals surface area contributed by atoms with Crippen molar-refractivity contribution in [2.45, 2.75) is 32.2 Å². The molecule has 0 radical (unpaired) electrons. The highest BCUT2D eigenvalue weighted by molar-refractivity contribution is 6.31. The van der Waals surface area contributed by atoms with E-state index in [-0.39, 0.29) is 0 Å². The van der Waals surface area contributed by atoms with Gasteiger partial charge in [-0.05, 0) is 55.5 Å². The molecule has 0 saturated carbocycles. The van der Waals surface area contributed by atoms with Crippen LogP contribution in [0.15, 0.2) is 48.7 Å². The number of rotatable bonds is 6. The highest BCUT2D eigenvalue weighted by Gasteiger charge is 2.25. The van der Waals surface area contributed by atoms with Gasteiger partial charge in [-0.1, -0.05) is 35.9 Å². The molecule has 1 atom stereocenters. The number of hydrogen-bond donors (Lipinski definition) is 0. The Bertz CT molecular complexity index is 823. The minimum atomic E-state index is 0.305. The van der Waals surface area contributed by atoms with E-state index < -0.39 is 0 Å². The van der Waals surface area contributed by atoms with Gasteiger partial charge in [0, 0.05) is 56.9 Å². The molecule has 2 aromatic rings. The van der Waals surface area contributed by atoms with Gasteiger partial charge in [0.2, 0.25) is 5.91 Å². The molecule has 3 heterocycles. The quantitative estimate of drug-likeness (QED) is 0.697. The first-order valence-electron chi connectivity index (χ1n) is 11.1. The molecule has 1 unspecified atom stereocenters. The fourth-order valence-electron chi connectivity index (χ4n) is 4.61. The second-order valence-electron chi connectivity index (χ2n) is 8.43. The Morgan fingerprint density at radius 2 is 1.83 bits per heavy atom. The third-order valence-corrected chi connectivity index (χ3v) is 6.70. The Kier molecular flexibility index (Phi) is 7.24. The second-order valence-corrected chi connectivity index (χ2v) is 8.84. The maximum absolute atomic E-state index is 12.8. The first kappa shape index (κ1) is 21.1. The van der Waals surface area contributed by atoms with Gasteiger partial charge in [-0.3, -0.25) is 9.69 Å². The van der Waals surface area contributed by atoms with Crippen molar-refractivity contribution >= 4 is 23.3 Å². The van der Waals surface area contributed by atoms with Crippen LogP contribution in [0.3, 0.4) is 0 Å². The molecule has 1 amide bonds. The van der Waals surface area contributed by atoms with Crippen LogP contribution in [0.4, 0.5) is 5.82 Å². The molecule has 0 aliphatic carbocycles. The van der Waals surface area contributed by atoms with Gasteiger partial charge < -0.3 is 9.80 Å². The molecule has 6 heteroatoms. The average molecular weight is 427 g/mol. The summed E-state index contributed by atoms with van der Waals surface area (Å²) in [4.78, 5) is 24.0. The van der Waals surface area contributed by atoms with Gasteiger partial charge in [0.25, 0.3) is 0 Å². The fourth-order valence-corrected chi connectivity index (χ4v) is 4.81. The lowest BCUT2D eigenvalue weighted by Crippen LogP contribution is -2.49. The molecule has 30 heavy (non-hydrogen) atoms. The van der Waals surface area contributed by atoms with Crippen LogP contribution in [0.25, 0.3) is 0 Å². The summed E-state index contributed by atoms with van der Waals surface area (Å²) in [7, 11) is 0. The van der Waals surface area contributed by atoms with Gasteiger partial charge >= 0.3 is 0 Å². The summed E-state index contributed by atoms with van der Waals surface area (Å²) in [5.74, 6) is 1.91. The molecular formula is C24H31ClN4O. The summed E-state index contributed by atoms with van der Waals surface area (Å²) in [5.41, 5.74) is 1.20. The van der Waals surface area contributed by atoms with E-state index in [4.69, 9.17) is 11.6 Å². The van der Waals surface area contributed by atoms with E-state index in [2.05, 4.69) is 26.9 Å². The summed E-state index contributed by atoms with van der Waals surface area (Å²) in [6, 6.07) is 14.1. The van der Waals surface area contributed by atoms with Crippen molar-refractivity contribution in [3.8, 4) is 0 Å². The predicted octanol–water partition coefficient (Wildman–Crippen LogP) is 4.08. The first-order valence-corrected chi connectivity index (χ1v) is 11.5. The Balaban J connectivity index is 1.21. The van der Waals surface area contributed by atoms with Crippen molar-refractivity contribution in [3.05, 3.63) is 59.2 Å². The maximum Gasteiger partial charge on any atom is 0.222 e. The number of halogens is 1. The molecule has 0 spiro atoms. The smallest absolute Gasteiger partial charge is 0.222 e. The summed E-state index contributed by atoms with van der Waals surface area (Å²) in [6.45, 7) is 6.38. The van der Waals surface area contributed by atoms with Crippen LogP contribution < -0.4 is 4.90 Å². The zero-order chi connectivity index (χ0) is 20.8. The Morgan fingerprint density at radius 3 is 2.60 bits per heavy atom. The number of nitrogens with zero attached hydrogens (tertiary/aromatic N) is 4. The van der Waals surface area contributed by atoms with Crippen LogP contribution in [0.1, 0.15) is 31.2 Å². The number of piperidine rings is 1. The lowest BCUT2D eigenvalue weighted by atomic mass is 9.92. The second kappa shape index (κ2) is 10.3. The zero-order valence-corrected chi connectivity index (χ0v) is 18.3. The standard InChI is InChI=1S/C24H31ClN4O/c25-22-8-2-1-7-21(22)19-27-13-5-6-20(18-27)10-11-24(30)29-16-14-28(15-17-29)23-9-3-4-12-26-23/h1-4,7-9,12,20H,5-6,10-11,13-19H2. The minimum absolute atomic E-state index is 0.305. The van der Waals surface area contributed by atoms with Gasteiger partial charge in [-0.15, -0.1) is 0 Å². The Labute approximate surface area is 184 Å². The van der Waals surface area contributed by atoms with Crippen LogP contribution in [-0.2, 0) is 11.3 Å². The van der Waals surface area contributed by atoms with E-state index in [1.807, 2.05) is 41.4 Å². The molecule has 5 nitrogen and oxygen atoms in total. The number of likely N-dealkylation sites (tertiary alicyclic amines) is 1. The molecule has 160 valence electrons. The van der Waals surface area contributed by atoms with E-state index in [0.717, 1.165) is 63.1 Å². The maximum atomic E-state index is 12.8. The van der Waals surface area contributed by atoms with E-state index in [1.165, 1.54) is 18.4 Å². The number of hydrogen-bond acceptors (Lipinski definition) is 4. The summed E-state index contributed by atoms with van der Waals surface area (Å²) < 4.78 is 0. The monoisotopic (exact) mass is 426 g/mol. The first-order chi connectivity index (χ1) is 14.7. The van der Waals surface area contributed by atoms with Crippen molar-refractivity contribution in [3.63, 3.8) is 0 Å². The third-order valence-electron chi connectivity index (χ3n) is 6.33. The SMILES string of the molecule is O=C(CCC1CCCN(Cc2ccccc2Cl)C1)N1CCN(c2ccccn2)CC1. The van der Waals surface area contributed by atoms with Crippen LogP contribution in [0.5, 0.6) is 0 Å². The number of amides is 1. The van der Waals surface area contributed by atoms with Crippen molar-refractivity contribution in [2.24, 2.45) is 5.92 Å². The summed E-state index contributed by atoms with van der Waals surface area (Å²) in [5, 5.41) is 0.847. The average Bonchev–Trinajstić information content (AvgIpc) is 2.80. The molecule has 0 bridgehead atoms. The normalized spacial score (nSPS) is 20.4. The predicted molar refractivity (Wildman–Crippen MR) is 122 cm³/mol. The number of carbonyl (C=O) groups is 1. The molecule has 2 saturated heterocycles. The van der Waals surface area contributed by atoms with Gasteiger partial charge in [0.15, 0.2) is 0 Å². The van der Waals surface area contributed by atoms with Gasteiger partial charge in [-0.2, -0.15) is 0 Å². The molecule has 1 aromatic heterocycles. The number of carbonyl (C=O) groups excluding carboxylic acids is 1. The van der Waals surface area contributed by atoms with E-state index in [1.54, 1.807) is 0 Å². The van der Waals surface area contributed by atoms with Gasteiger partial charge in [-0.25, -0.2) is 4.98 Å². The summed E-state index contributed by atoms with van der Waals surface area (Å²) in [6.07, 6.45) is 5.89. The van der Waals surface area contributed by atoms with Crippen molar-refractivity contribution in [1.82, 2.24) is 14.8 Å². The summed E-state index contributed by atoms with van der Waals surface area (Å²) >= 11 is 6.33. The highest BCUT2D eigenvalue weighted by atomic mass is 35.5. The van der Waals surface area contributed by atoms with E-state index in [0.29, 0.717) is 18.2 Å². The largest absolute Gasteiger partial charge is 0.353 e. The van der Waals surface area contributed by atoms with Crippen molar-refractivity contribution in [1.29, 1.82) is 0 Å². The molecule has 2 fully saturated rings. The number of anilines is 1. The molecule has 2 aliphatic rings. The third kappa shape index (κ3) is 5.52. The van der Waals surface area contributed by atoms with Crippen molar-refractivity contribution < 1.29 is 4.79 Å². The Hall–Kier alpha value is -2.11. The van der Waals surface area contributed by atoms with Crippen LogP contribution in [0, 0.1) is 5.92 Å². The lowest BCUT2D eigenvalue weighted by molar-refractivity contribution is -0.131. The van der Waals surface area contributed by atoms with E-state index in [9.17, 15) is 4.79 Å². The molecule has 2 aliphatic heterocycles. The number of pyridine rings is 1. The van der Waals surface area contributed by atoms with Gasteiger partial charge in [0.05, 0.1) is 0 Å². The molecular weight excluding hydrogens is 396 g/mol. The molecule has 1 aromatic carbocycles. The fraction of sp³-hybridized carbons (Fsp3) is 0.500. The molecule has 0 N–H and O–H groups in total. The molecule has 4 rings (SSSR count). The Morgan fingerprint density at radius 1 is 1.03 bits per heavy atom. The number of piperazine rings is 1. The minimum Gasteiger partial charge on any atom is -0.353 e. The van der Waals surface area contributed by atoms with Crippen LogP contribution in [0.2, 0.25) is 5.02 Å². The topological polar surface area (TPSA) is 39.7 Å². The van der Waals surface area contributed by atoms with Crippen molar-refractivity contribution in [2.75, 3.05) is 44.2 Å². The highest BCUT2D eigenvalue weighted by Crippen LogP contribution is 2.25. The zero-order valence-electron chi connectivity index (χ0n) is 17.5. The number of aromatic nitrogens is 1. The van der Waals surface area contributed by atoms with Crippen LogP contribution >= 0.6 is 11.6 Å². The van der Waals surface area contributed by atoms with Crippen LogP contribution in [-0.4, -0.2) is 60.0 Å².